The quantitative estimate of drug-likeness (QED) is 0.664. The zero-order valence-corrected chi connectivity index (χ0v) is 7.99. The predicted octanol–water partition coefficient (Wildman–Crippen LogP) is 0.637. The molecule has 0 aromatic rings. The van der Waals surface area contributed by atoms with Crippen molar-refractivity contribution in [2.75, 3.05) is 6.61 Å². The van der Waals surface area contributed by atoms with E-state index in [2.05, 4.69) is 0 Å². The molecule has 0 aliphatic heterocycles. The van der Waals surface area contributed by atoms with Gasteiger partial charge >= 0.3 is 5.97 Å². The number of carboxylic acids is 1. The van der Waals surface area contributed by atoms with E-state index in [0.29, 0.717) is 6.61 Å². The van der Waals surface area contributed by atoms with Gasteiger partial charge in [-0.15, -0.1) is 0 Å². The van der Waals surface area contributed by atoms with Crippen LogP contribution >= 0.6 is 0 Å². The molecular weight excluding hydrogens is 172 g/mol. The van der Waals surface area contributed by atoms with Crippen molar-refractivity contribution in [3.8, 4) is 0 Å². The number of hydrogen-bond acceptors (Lipinski definition) is 3. The average Bonchev–Trinajstić information content (AvgIpc) is 2.83. The van der Waals surface area contributed by atoms with Gasteiger partial charge in [-0.05, 0) is 26.7 Å². The molecule has 0 aromatic carbocycles. The molecule has 0 radical (unpaired) electrons. The van der Waals surface area contributed by atoms with Gasteiger partial charge < -0.3 is 14.9 Å². The first kappa shape index (κ1) is 10.5. The number of carbonyl (C=O) groups is 1. The molecular formula is C9H16O4. The molecule has 2 unspecified atom stereocenters. The summed E-state index contributed by atoms with van der Waals surface area (Å²) >= 11 is 0. The Morgan fingerprint density at radius 1 is 1.62 bits per heavy atom. The number of hydrogen-bond donors (Lipinski definition) is 2. The normalized spacial score (nSPS) is 23.6. The van der Waals surface area contributed by atoms with E-state index in [9.17, 15) is 9.90 Å². The van der Waals surface area contributed by atoms with Crippen molar-refractivity contribution >= 4 is 5.97 Å². The molecule has 13 heavy (non-hydrogen) atoms. The largest absolute Gasteiger partial charge is 0.479 e. The molecule has 2 atom stereocenters. The van der Waals surface area contributed by atoms with E-state index in [0.717, 1.165) is 12.8 Å². The lowest BCUT2D eigenvalue weighted by molar-refractivity contribution is -0.155. The first-order chi connectivity index (χ1) is 6.04. The van der Waals surface area contributed by atoms with Gasteiger partial charge in [0.1, 0.15) is 0 Å². The molecule has 0 aromatic heterocycles. The second-order valence-corrected chi connectivity index (χ2v) is 3.57. The first-order valence-electron chi connectivity index (χ1n) is 4.57. The highest BCUT2D eigenvalue weighted by atomic mass is 16.5. The molecule has 76 valence electrons. The number of carboxylic acid groups (broad SMARTS) is 1. The average molecular weight is 188 g/mol. The van der Waals surface area contributed by atoms with Gasteiger partial charge in [-0.3, -0.25) is 0 Å². The SMILES string of the molecule is CCOC(C)C1(C(O)C(=O)O)CC1. The van der Waals surface area contributed by atoms with E-state index < -0.39 is 17.5 Å². The van der Waals surface area contributed by atoms with Crippen LogP contribution in [0.2, 0.25) is 0 Å². The molecule has 0 spiro atoms. The van der Waals surface area contributed by atoms with Crippen molar-refractivity contribution < 1.29 is 19.7 Å². The fourth-order valence-electron chi connectivity index (χ4n) is 1.71. The van der Waals surface area contributed by atoms with E-state index in [1.807, 2.05) is 13.8 Å². The molecule has 1 rings (SSSR count). The molecule has 1 aliphatic carbocycles. The van der Waals surface area contributed by atoms with Crippen LogP contribution in [0.1, 0.15) is 26.7 Å². The standard InChI is InChI=1S/C9H16O4/c1-3-13-6(2)9(4-5-9)7(10)8(11)12/h6-7,10H,3-5H2,1-2H3,(H,11,12). The lowest BCUT2D eigenvalue weighted by Crippen LogP contribution is -2.39. The minimum atomic E-state index is -1.28. The Balaban J connectivity index is 2.60. The monoisotopic (exact) mass is 188 g/mol. The summed E-state index contributed by atoms with van der Waals surface area (Å²) < 4.78 is 5.32. The zero-order valence-electron chi connectivity index (χ0n) is 7.99. The highest BCUT2D eigenvalue weighted by Gasteiger charge is 2.56. The highest BCUT2D eigenvalue weighted by molar-refractivity contribution is 5.74. The van der Waals surface area contributed by atoms with Crippen LogP contribution in [0.25, 0.3) is 0 Å². The maximum Gasteiger partial charge on any atom is 0.333 e. The molecule has 0 amide bonds. The van der Waals surface area contributed by atoms with Gasteiger partial charge in [0.2, 0.25) is 0 Å². The van der Waals surface area contributed by atoms with E-state index >= 15 is 0 Å². The second-order valence-electron chi connectivity index (χ2n) is 3.57. The summed E-state index contributed by atoms with van der Waals surface area (Å²) in [5.74, 6) is -1.15. The summed E-state index contributed by atoms with van der Waals surface area (Å²) in [6.45, 7) is 4.23. The van der Waals surface area contributed by atoms with Crippen LogP contribution in [-0.2, 0) is 9.53 Å². The van der Waals surface area contributed by atoms with Crippen molar-refractivity contribution in [2.45, 2.75) is 38.9 Å². The number of rotatable bonds is 5. The lowest BCUT2D eigenvalue weighted by Gasteiger charge is -2.25. The maximum absolute atomic E-state index is 10.6. The third-order valence-electron chi connectivity index (χ3n) is 2.83. The van der Waals surface area contributed by atoms with Gasteiger partial charge in [0.15, 0.2) is 6.10 Å². The van der Waals surface area contributed by atoms with Crippen LogP contribution in [0.5, 0.6) is 0 Å². The van der Waals surface area contributed by atoms with Gasteiger partial charge in [-0.1, -0.05) is 0 Å². The lowest BCUT2D eigenvalue weighted by atomic mass is 9.93. The van der Waals surface area contributed by atoms with E-state index in [1.165, 1.54) is 0 Å². The summed E-state index contributed by atoms with van der Waals surface area (Å²) in [5.41, 5.74) is -0.526. The van der Waals surface area contributed by atoms with Crippen LogP contribution in [-0.4, -0.2) is 35.0 Å². The van der Waals surface area contributed by atoms with Crippen LogP contribution < -0.4 is 0 Å². The van der Waals surface area contributed by atoms with Crippen LogP contribution in [0.4, 0.5) is 0 Å². The van der Waals surface area contributed by atoms with Crippen LogP contribution in [0.3, 0.4) is 0 Å². The highest BCUT2D eigenvalue weighted by Crippen LogP contribution is 2.52. The number of aliphatic hydroxyl groups excluding tert-OH is 1. The smallest absolute Gasteiger partial charge is 0.333 e. The van der Waals surface area contributed by atoms with Crippen molar-refractivity contribution in [2.24, 2.45) is 5.41 Å². The predicted molar refractivity (Wildman–Crippen MR) is 46.4 cm³/mol. The van der Waals surface area contributed by atoms with Gasteiger partial charge in [0.05, 0.1) is 6.10 Å². The maximum atomic E-state index is 10.6. The van der Waals surface area contributed by atoms with E-state index in [1.54, 1.807) is 0 Å². The molecule has 1 aliphatic rings. The molecule has 4 nitrogen and oxygen atoms in total. The molecule has 1 fully saturated rings. The Morgan fingerprint density at radius 3 is 2.46 bits per heavy atom. The van der Waals surface area contributed by atoms with Gasteiger partial charge in [-0.25, -0.2) is 4.79 Å². The van der Waals surface area contributed by atoms with Gasteiger partial charge in [-0.2, -0.15) is 0 Å². The third kappa shape index (κ3) is 1.84. The van der Waals surface area contributed by atoms with Crippen LogP contribution in [0, 0.1) is 5.41 Å². The second kappa shape index (κ2) is 3.64. The minimum Gasteiger partial charge on any atom is -0.479 e. The molecule has 1 saturated carbocycles. The minimum absolute atomic E-state index is 0.177. The number of ether oxygens (including phenoxy) is 1. The topological polar surface area (TPSA) is 66.8 Å². The number of aliphatic hydroxyl groups is 1. The summed E-state index contributed by atoms with van der Waals surface area (Å²) in [5, 5.41) is 18.1. The van der Waals surface area contributed by atoms with E-state index in [-0.39, 0.29) is 6.10 Å². The summed E-state index contributed by atoms with van der Waals surface area (Å²) in [6.07, 6.45) is 0.0150. The van der Waals surface area contributed by atoms with Crippen LogP contribution in [0.15, 0.2) is 0 Å². The fourth-order valence-corrected chi connectivity index (χ4v) is 1.71. The fraction of sp³-hybridized carbons (Fsp3) is 0.889. The summed E-state index contributed by atoms with van der Waals surface area (Å²) in [6, 6.07) is 0. The van der Waals surface area contributed by atoms with Crippen molar-refractivity contribution in [3.05, 3.63) is 0 Å². The third-order valence-corrected chi connectivity index (χ3v) is 2.83. The Hall–Kier alpha value is -0.610. The molecule has 0 heterocycles. The zero-order chi connectivity index (χ0) is 10.1. The summed E-state index contributed by atoms with van der Waals surface area (Å²) in [4.78, 5) is 10.6. The molecule has 0 saturated heterocycles. The Labute approximate surface area is 77.5 Å². The molecule has 2 N–H and O–H groups in total. The van der Waals surface area contributed by atoms with Gasteiger partial charge in [0, 0.05) is 12.0 Å². The Bertz CT molecular complexity index is 198. The van der Waals surface area contributed by atoms with Crippen molar-refractivity contribution in [1.82, 2.24) is 0 Å². The van der Waals surface area contributed by atoms with Crippen molar-refractivity contribution in [1.29, 1.82) is 0 Å². The summed E-state index contributed by atoms with van der Waals surface area (Å²) in [7, 11) is 0. The Kier molecular flexibility index (Phi) is 2.93. The van der Waals surface area contributed by atoms with Gasteiger partial charge in [0.25, 0.3) is 0 Å². The molecule has 4 heteroatoms. The van der Waals surface area contributed by atoms with E-state index in [4.69, 9.17) is 9.84 Å². The van der Waals surface area contributed by atoms with Crippen molar-refractivity contribution in [3.63, 3.8) is 0 Å². The first-order valence-corrected chi connectivity index (χ1v) is 4.57. The molecule has 0 bridgehead atoms. The Morgan fingerprint density at radius 2 is 2.15 bits per heavy atom. The number of aliphatic carboxylic acids is 1.